The fraction of sp³-hybridized carbons (Fsp3) is 0. The molecule has 0 aliphatic carbocycles. The molecule has 114 valence electrons. The van der Waals surface area contributed by atoms with Crippen LogP contribution in [0.2, 0.25) is 5.02 Å². The molecule has 0 bridgehead atoms. The normalized spacial score (nSPS) is 11.0. The number of aromatic nitrogens is 1. The van der Waals surface area contributed by atoms with Gasteiger partial charge in [0.15, 0.2) is 0 Å². The summed E-state index contributed by atoms with van der Waals surface area (Å²) in [4.78, 5) is 14.9. The Balaban J connectivity index is 1.93. The second-order valence-corrected chi connectivity index (χ2v) is 5.38. The van der Waals surface area contributed by atoms with Crippen molar-refractivity contribution in [2.24, 2.45) is 0 Å². The number of halogens is 1. The Kier molecular flexibility index (Phi) is 4.26. The lowest BCUT2D eigenvalue weighted by Crippen LogP contribution is -1.93. The van der Waals surface area contributed by atoms with Crippen LogP contribution in [0.3, 0.4) is 0 Å². The molecule has 3 aromatic rings. The minimum absolute atomic E-state index is 0.642. The largest absolute Gasteiger partial charge is 0.478 e. The Hall–Kier alpha value is -2.85. The average Bonchev–Trinajstić information content (AvgIpc) is 2.53. The van der Waals surface area contributed by atoms with Crippen LogP contribution in [0.5, 0.6) is 0 Å². The zero-order chi connectivity index (χ0) is 16.2. The molecule has 0 saturated heterocycles. The lowest BCUT2D eigenvalue weighted by molar-refractivity contribution is -0.131. The van der Waals surface area contributed by atoms with Crippen LogP contribution in [-0.2, 0) is 4.79 Å². The zero-order valence-electron chi connectivity index (χ0n) is 12.0. The van der Waals surface area contributed by atoms with E-state index in [2.05, 4.69) is 10.3 Å². The van der Waals surface area contributed by atoms with Gasteiger partial charge in [-0.25, -0.2) is 4.79 Å². The van der Waals surface area contributed by atoms with E-state index in [4.69, 9.17) is 16.7 Å². The standard InChI is InChI=1S/C18H13ClN2O2/c19-13-5-6-15-16(8-9-20-17(15)11-13)21-14-3-1-2-12(10-14)4-7-18(22)23/h1-11H,(H,20,21)(H,22,23)/b7-4+. The monoisotopic (exact) mass is 324 g/mol. The van der Waals surface area contributed by atoms with Crippen LogP contribution in [0.15, 0.2) is 60.8 Å². The van der Waals surface area contributed by atoms with E-state index < -0.39 is 5.97 Å². The van der Waals surface area contributed by atoms with Crippen molar-refractivity contribution in [2.75, 3.05) is 5.32 Å². The molecular weight excluding hydrogens is 312 g/mol. The first-order valence-corrected chi connectivity index (χ1v) is 7.32. The van der Waals surface area contributed by atoms with Crippen LogP contribution in [0.4, 0.5) is 11.4 Å². The van der Waals surface area contributed by atoms with E-state index in [9.17, 15) is 4.79 Å². The number of carboxylic acid groups (broad SMARTS) is 1. The van der Waals surface area contributed by atoms with Gasteiger partial charge < -0.3 is 10.4 Å². The molecule has 0 unspecified atom stereocenters. The Labute approximate surface area is 138 Å². The van der Waals surface area contributed by atoms with Crippen molar-refractivity contribution in [1.29, 1.82) is 0 Å². The molecule has 4 nitrogen and oxygen atoms in total. The molecule has 0 aliphatic heterocycles. The number of aliphatic carboxylic acids is 1. The van der Waals surface area contributed by atoms with Crippen LogP contribution in [0.1, 0.15) is 5.56 Å². The van der Waals surface area contributed by atoms with Crippen LogP contribution >= 0.6 is 11.6 Å². The molecule has 3 rings (SSSR count). The third-order valence-electron chi connectivity index (χ3n) is 3.29. The van der Waals surface area contributed by atoms with Crippen LogP contribution < -0.4 is 5.32 Å². The molecule has 0 spiro atoms. The number of benzene rings is 2. The van der Waals surface area contributed by atoms with E-state index in [0.717, 1.165) is 33.9 Å². The van der Waals surface area contributed by atoms with Gasteiger partial charge in [-0.1, -0.05) is 23.7 Å². The average molecular weight is 325 g/mol. The summed E-state index contributed by atoms with van der Waals surface area (Å²) < 4.78 is 0. The molecule has 0 atom stereocenters. The van der Waals surface area contributed by atoms with Crippen molar-refractivity contribution in [1.82, 2.24) is 4.98 Å². The number of fused-ring (bicyclic) bond motifs is 1. The van der Waals surface area contributed by atoms with Crippen molar-refractivity contribution in [3.8, 4) is 0 Å². The van der Waals surface area contributed by atoms with Crippen molar-refractivity contribution in [3.05, 3.63) is 71.4 Å². The highest BCUT2D eigenvalue weighted by Crippen LogP contribution is 2.27. The highest BCUT2D eigenvalue weighted by atomic mass is 35.5. The molecular formula is C18H13ClN2O2. The first-order chi connectivity index (χ1) is 11.1. The second kappa shape index (κ2) is 6.50. The fourth-order valence-corrected chi connectivity index (χ4v) is 2.44. The minimum Gasteiger partial charge on any atom is -0.478 e. The number of hydrogen-bond donors (Lipinski definition) is 2. The van der Waals surface area contributed by atoms with Gasteiger partial charge in [0.25, 0.3) is 0 Å². The molecule has 0 amide bonds. The van der Waals surface area contributed by atoms with Crippen molar-refractivity contribution in [3.63, 3.8) is 0 Å². The van der Waals surface area contributed by atoms with E-state index >= 15 is 0 Å². The molecule has 5 heteroatoms. The Bertz CT molecular complexity index is 906. The third kappa shape index (κ3) is 3.67. The van der Waals surface area contributed by atoms with E-state index in [-0.39, 0.29) is 0 Å². The molecule has 2 N–H and O–H groups in total. The molecule has 2 aromatic carbocycles. The number of pyridine rings is 1. The van der Waals surface area contributed by atoms with Gasteiger partial charge in [-0.05, 0) is 48.0 Å². The molecule has 1 heterocycles. The maximum absolute atomic E-state index is 10.6. The topological polar surface area (TPSA) is 62.2 Å². The molecule has 23 heavy (non-hydrogen) atoms. The fourth-order valence-electron chi connectivity index (χ4n) is 2.27. The Morgan fingerprint density at radius 3 is 2.87 bits per heavy atom. The van der Waals surface area contributed by atoms with E-state index in [1.807, 2.05) is 48.5 Å². The van der Waals surface area contributed by atoms with E-state index in [0.29, 0.717) is 5.02 Å². The summed E-state index contributed by atoms with van der Waals surface area (Å²) in [7, 11) is 0. The summed E-state index contributed by atoms with van der Waals surface area (Å²) in [5.41, 5.74) is 3.38. The van der Waals surface area contributed by atoms with Crippen molar-refractivity contribution < 1.29 is 9.90 Å². The molecule has 0 fully saturated rings. The van der Waals surface area contributed by atoms with Gasteiger partial charge in [0.1, 0.15) is 0 Å². The maximum atomic E-state index is 10.6. The van der Waals surface area contributed by atoms with Gasteiger partial charge in [0.05, 0.1) is 5.52 Å². The van der Waals surface area contributed by atoms with Gasteiger partial charge in [0, 0.05) is 34.1 Å². The maximum Gasteiger partial charge on any atom is 0.328 e. The van der Waals surface area contributed by atoms with Crippen LogP contribution in [0.25, 0.3) is 17.0 Å². The summed E-state index contributed by atoms with van der Waals surface area (Å²) in [5.74, 6) is -0.972. The van der Waals surface area contributed by atoms with Crippen LogP contribution in [0, 0.1) is 0 Å². The van der Waals surface area contributed by atoms with Gasteiger partial charge >= 0.3 is 5.97 Å². The van der Waals surface area contributed by atoms with Gasteiger partial charge in [-0.15, -0.1) is 0 Å². The highest BCUT2D eigenvalue weighted by Gasteiger charge is 2.03. The number of carboxylic acids is 1. The lowest BCUT2D eigenvalue weighted by atomic mass is 10.1. The summed E-state index contributed by atoms with van der Waals surface area (Å²) >= 11 is 6.00. The van der Waals surface area contributed by atoms with Crippen LogP contribution in [-0.4, -0.2) is 16.1 Å². The highest BCUT2D eigenvalue weighted by molar-refractivity contribution is 6.31. The van der Waals surface area contributed by atoms with Gasteiger partial charge in [-0.2, -0.15) is 0 Å². The van der Waals surface area contributed by atoms with E-state index in [1.165, 1.54) is 0 Å². The lowest BCUT2D eigenvalue weighted by Gasteiger charge is -2.10. The number of anilines is 2. The third-order valence-corrected chi connectivity index (χ3v) is 3.52. The summed E-state index contributed by atoms with van der Waals surface area (Å²) in [6.45, 7) is 0. The number of carbonyl (C=O) groups is 1. The van der Waals surface area contributed by atoms with Gasteiger partial charge in [-0.3, -0.25) is 4.98 Å². The predicted molar refractivity (Wildman–Crippen MR) is 93.1 cm³/mol. The number of nitrogens with one attached hydrogen (secondary N) is 1. The van der Waals surface area contributed by atoms with E-state index in [1.54, 1.807) is 12.3 Å². The number of rotatable bonds is 4. The Morgan fingerprint density at radius 1 is 1.17 bits per heavy atom. The van der Waals surface area contributed by atoms with Crippen molar-refractivity contribution >= 4 is 45.9 Å². The SMILES string of the molecule is O=C(O)/C=C/c1cccc(Nc2ccnc3cc(Cl)ccc23)c1. The summed E-state index contributed by atoms with van der Waals surface area (Å²) in [6, 6.07) is 14.9. The number of nitrogens with zero attached hydrogens (tertiary/aromatic N) is 1. The molecule has 1 aromatic heterocycles. The summed E-state index contributed by atoms with van der Waals surface area (Å²) in [6.07, 6.45) is 4.38. The summed E-state index contributed by atoms with van der Waals surface area (Å²) in [5, 5.41) is 13.6. The quantitative estimate of drug-likeness (QED) is 0.681. The minimum atomic E-state index is -0.972. The molecule has 0 saturated carbocycles. The van der Waals surface area contributed by atoms with Crippen molar-refractivity contribution in [2.45, 2.75) is 0 Å². The Morgan fingerprint density at radius 2 is 2.04 bits per heavy atom. The smallest absolute Gasteiger partial charge is 0.328 e. The zero-order valence-corrected chi connectivity index (χ0v) is 12.8. The van der Waals surface area contributed by atoms with Gasteiger partial charge in [0.2, 0.25) is 0 Å². The number of hydrogen-bond acceptors (Lipinski definition) is 3. The molecule has 0 aliphatic rings. The first-order valence-electron chi connectivity index (χ1n) is 6.94. The second-order valence-electron chi connectivity index (χ2n) is 4.94. The predicted octanol–water partition coefficient (Wildman–Crippen LogP) is 4.73. The first kappa shape index (κ1) is 15.1. The molecule has 0 radical (unpaired) electrons.